The average molecular weight is 401 g/mol. The number of amides is 2. The van der Waals surface area contributed by atoms with Gasteiger partial charge in [0.15, 0.2) is 0 Å². The van der Waals surface area contributed by atoms with Crippen molar-refractivity contribution in [2.45, 2.75) is 33.2 Å². The number of hydrogen-bond donors (Lipinski definition) is 2. The molecular weight excluding hydrogens is 376 g/mol. The lowest BCUT2D eigenvalue weighted by molar-refractivity contribution is -0.116. The number of benzene rings is 2. The SMILES string of the molecule is CCCN(C(=O)/C=C/NCc1cc(F)cc(F)c1)c1ccc(NC(=O)CC)cc1. The van der Waals surface area contributed by atoms with Crippen LogP contribution in [0, 0.1) is 11.6 Å². The number of rotatable bonds is 9. The Morgan fingerprint density at radius 2 is 1.69 bits per heavy atom. The van der Waals surface area contributed by atoms with E-state index < -0.39 is 11.6 Å². The third-order valence-corrected chi connectivity index (χ3v) is 4.07. The number of carbonyl (C=O) groups excluding carboxylic acids is 2. The van der Waals surface area contributed by atoms with Gasteiger partial charge in [-0.05, 0) is 48.4 Å². The van der Waals surface area contributed by atoms with Gasteiger partial charge in [0.2, 0.25) is 5.91 Å². The summed E-state index contributed by atoms with van der Waals surface area (Å²) in [5, 5.41) is 5.63. The van der Waals surface area contributed by atoms with Gasteiger partial charge in [-0.15, -0.1) is 0 Å². The summed E-state index contributed by atoms with van der Waals surface area (Å²) in [5.41, 5.74) is 1.82. The zero-order chi connectivity index (χ0) is 21.2. The maximum atomic E-state index is 13.2. The van der Waals surface area contributed by atoms with Crippen LogP contribution in [0.1, 0.15) is 32.3 Å². The molecule has 0 atom stereocenters. The Hall–Kier alpha value is -3.22. The number of halogens is 2. The molecule has 2 aromatic rings. The molecule has 0 aromatic heterocycles. The molecule has 154 valence electrons. The summed E-state index contributed by atoms with van der Waals surface area (Å²) < 4.78 is 26.4. The summed E-state index contributed by atoms with van der Waals surface area (Å²) in [6, 6.07) is 10.3. The van der Waals surface area contributed by atoms with Crippen LogP contribution < -0.4 is 15.5 Å². The number of anilines is 2. The van der Waals surface area contributed by atoms with Gasteiger partial charge in [-0.3, -0.25) is 9.59 Å². The monoisotopic (exact) mass is 401 g/mol. The lowest BCUT2D eigenvalue weighted by Gasteiger charge is -2.21. The van der Waals surface area contributed by atoms with E-state index in [4.69, 9.17) is 0 Å². The largest absolute Gasteiger partial charge is 0.387 e. The van der Waals surface area contributed by atoms with Gasteiger partial charge in [0.1, 0.15) is 11.6 Å². The minimum atomic E-state index is -0.644. The molecule has 0 aliphatic heterocycles. The molecule has 0 bridgehead atoms. The second kappa shape index (κ2) is 10.9. The fourth-order valence-corrected chi connectivity index (χ4v) is 2.67. The summed E-state index contributed by atoms with van der Waals surface area (Å²) in [6.07, 6.45) is 3.99. The fraction of sp³-hybridized carbons (Fsp3) is 0.273. The molecule has 2 rings (SSSR count). The van der Waals surface area contributed by atoms with Crippen molar-refractivity contribution >= 4 is 23.2 Å². The van der Waals surface area contributed by atoms with E-state index in [1.54, 1.807) is 36.1 Å². The van der Waals surface area contributed by atoms with Gasteiger partial charge in [0.25, 0.3) is 5.91 Å². The lowest BCUT2D eigenvalue weighted by atomic mass is 10.2. The smallest absolute Gasteiger partial charge is 0.252 e. The standard InChI is InChI=1S/C22H25F2N3O2/c1-3-11-27(20-7-5-19(6-8-20)26-21(28)4-2)22(29)9-10-25-15-16-12-17(23)14-18(24)13-16/h5-10,12-14,25H,3-4,11,15H2,1-2H3,(H,26,28)/b10-9+. The average Bonchev–Trinajstić information content (AvgIpc) is 2.69. The fourth-order valence-electron chi connectivity index (χ4n) is 2.67. The molecule has 0 saturated heterocycles. The van der Waals surface area contributed by atoms with Crippen LogP contribution in [0.15, 0.2) is 54.7 Å². The molecule has 2 amide bonds. The molecule has 29 heavy (non-hydrogen) atoms. The molecule has 0 unspecified atom stereocenters. The first-order valence-electron chi connectivity index (χ1n) is 9.49. The quantitative estimate of drug-likeness (QED) is 0.614. The molecule has 0 radical (unpaired) electrons. The molecule has 0 heterocycles. The summed E-state index contributed by atoms with van der Waals surface area (Å²) in [7, 11) is 0. The van der Waals surface area contributed by atoms with Crippen LogP contribution in [-0.2, 0) is 16.1 Å². The predicted molar refractivity (Wildman–Crippen MR) is 110 cm³/mol. The Balaban J connectivity index is 1.99. The predicted octanol–water partition coefficient (Wildman–Crippen LogP) is 4.36. The van der Waals surface area contributed by atoms with Gasteiger partial charge in [-0.2, -0.15) is 0 Å². The van der Waals surface area contributed by atoms with E-state index in [1.807, 2.05) is 6.92 Å². The summed E-state index contributed by atoms with van der Waals surface area (Å²) in [5.74, 6) is -1.59. The highest BCUT2D eigenvalue weighted by atomic mass is 19.1. The molecule has 0 spiro atoms. The van der Waals surface area contributed by atoms with E-state index in [9.17, 15) is 18.4 Å². The van der Waals surface area contributed by atoms with Crippen molar-refractivity contribution < 1.29 is 18.4 Å². The van der Waals surface area contributed by atoms with E-state index in [1.165, 1.54) is 24.4 Å². The van der Waals surface area contributed by atoms with Gasteiger partial charge < -0.3 is 15.5 Å². The molecule has 5 nitrogen and oxygen atoms in total. The summed E-state index contributed by atoms with van der Waals surface area (Å²) >= 11 is 0. The van der Waals surface area contributed by atoms with Crippen molar-refractivity contribution in [3.63, 3.8) is 0 Å². The van der Waals surface area contributed by atoms with Crippen LogP contribution in [0.4, 0.5) is 20.2 Å². The second-order valence-electron chi connectivity index (χ2n) is 6.43. The topological polar surface area (TPSA) is 61.4 Å². The molecule has 2 N–H and O–H groups in total. The molecule has 7 heteroatoms. The Labute approximate surface area is 169 Å². The normalized spacial score (nSPS) is 10.8. The van der Waals surface area contributed by atoms with Crippen molar-refractivity contribution in [2.75, 3.05) is 16.8 Å². The molecule has 2 aromatic carbocycles. The number of carbonyl (C=O) groups is 2. The van der Waals surface area contributed by atoms with Crippen molar-refractivity contribution in [1.82, 2.24) is 5.32 Å². The first-order valence-corrected chi connectivity index (χ1v) is 9.49. The lowest BCUT2D eigenvalue weighted by Crippen LogP contribution is -2.30. The van der Waals surface area contributed by atoms with Crippen LogP contribution in [0.3, 0.4) is 0 Å². The van der Waals surface area contributed by atoms with Gasteiger partial charge >= 0.3 is 0 Å². The van der Waals surface area contributed by atoms with Crippen molar-refractivity contribution in [3.8, 4) is 0 Å². The van der Waals surface area contributed by atoms with Crippen molar-refractivity contribution in [1.29, 1.82) is 0 Å². The molecule has 0 aliphatic carbocycles. The highest BCUT2D eigenvalue weighted by Gasteiger charge is 2.12. The van der Waals surface area contributed by atoms with Gasteiger partial charge in [0.05, 0.1) is 0 Å². The summed E-state index contributed by atoms with van der Waals surface area (Å²) in [6.45, 7) is 4.46. The van der Waals surface area contributed by atoms with Crippen LogP contribution in [0.2, 0.25) is 0 Å². The molecule has 0 fully saturated rings. The Bertz CT molecular complexity index is 847. The number of hydrogen-bond acceptors (Lipinski definition) is 3. The van der Waals surface area contributed by atoms with Gasteiger partial charge in [-0.1, -0.05) is 13.8 Å². The van der Waals surface area contributed by atoms with Crippen LogP contribution >= 0.6 is 0 Å². The van der Waals surface area contributed by atoms with E-state index in [-0.39, 0.29) is 18.4 Å². The van der Waals surface area contributed by atoms with E-state index in [0.29, 0.717) is 29.9 Å². The first kappa shape index (κ1) is 22.1. The molecular formula is C22H25F2N3O2. The Morgan fingerprint density at radius 3 is 2.28 bits per heavy atom. The first-order chi connectivity index (χ1) is 13.9. The Kier molecular flexibility index (Phi) is 8.33. The van der Waals surface area contributed by atoms with Crippen molar-refractivity contribution in [2.24, 2.45) is 0 Å². The third kappa shape index (κ3) is 7.03. The zero-order valence-corrected chi connectivity index (χ0v) is 16.5. The third-order valence-electron chi connectivity index (χ3n) is 4.07. The van der Waals surface area contributed by atoms with E-state index >= 15 is 0 Å². The highest BCUT2D eigenvalue weighted by molar-refractivity contribution is 6.01. The Morgan fingerprint density at radius 1 is 1.03 bits per heavy atom. The van der Waals surface area contributed by atoms with E-state index in [0.717, 1.165) is 12.5 Å². The van der Waals surface area contributed by atoms with Gasteiger partial charge in [-0.25, -0.2) is 8.78 Å². The number of nitrogens with one attached hydrogen (secondary N) is 2. The highest BCUT2D eigenvalue weighted by Crippen LogP contribution is 2.19. The molecule has 0 aliphatic rings. The van der Waals surface area contributed by atoms with Crippen LogP contribution in [-0.4, -0.2) is 18.4 Å². The maximum absolute atomic E-state index is 13.2. The van der Waals surface area contributed by atoms with Crippen molar-refractivity contribution in [3.05, 3.63) is 71.9 Å². The van der Waals surface area contributed by atoms with Crippen LogP contribution in [0.25, 0.3) is 0 Å². The molecule has 0 saturated carbocycles. The van der Waals surface area contributed by atoms with Crippen LogP contribution in [0.5, 0.6) is 0 Å². The van der Waals surface area contributed by atoms with E-state index in [2.05, 4.69) is 10.6 Å². The minimum absolute atomic E-state index is 0.0774. The minimum Gasteiger partial charge on any atom is -0.387 e. The summed E-state index contributed by atoms with van der Waals surface area (Å²) in [4.78, 5) is 25.7. The zero-order valence-electron chi connectivity index (χ0n) is 16.5. The van der Waals surface area contributed by atoms with Gasteiger partial charge in [0, 0.05) is 49.2 Å². The maximum Gasteiger partial charge on any atom is 0.252 e. The second-order valence-corrected chi connectivity index (χ2v) is 6.43. The number of nitrogens with zero attached hydrogens (tertiary/aromatic N) is 1.